The number of carbonyl (C=O) groups excluding carboxylic acids is 1. The molecular formula is C14H18ClN3O3. The van der Waals surface area contributed by atoms with Crippen LogP contribution in [0.15, 0.2) is 18.2 Å². The quantitative estimate of drug-likeness (QED) is 0.687. The second-order valence-corrected chi connectivity index (χ2v) is 5.61. The van der Waals surface area contributed by atoms with Crippen LogP contribution in [0.1, 0.15) is 29.6 Å². The predicted octanol–water partition coefficient (Wildman–Crippen LogP) is 2.46. The molecule has 1 fully saturated rings. The Morgan fingerprint density at radius 1 is 1.43 bits per heavy atom. The highest BCUT2D eigenvalue weighted by molar-refractivity contribution is 6.31. The topological polar surface area (TPSA) is 75.5 Å². The van der Waals surface area contributed by atoms with Gasteiger partial charge in [0.2, 0.25) is 0 Å². The molecule has 1 aromatic rings. The molecule has 0 radical (unpaired) electrons. The van der Waals surface area contributed by atoms with Crippen LogP contribution in [0, 0.1) is 10.1 Å². The molecule has 0 bridgehead atoms. The molecule has 0 saturated carbocycles. The van der Waals surface area contributed by atoms with E-state index >= 15 is 0 Å². The van der Waals surface area contributed by atoms with Crippen molar-refractivity contribution >= 4 is 23.2 Å². The Morgan fingerprint density at radius 3 is 2.90 bits per heavy atom. The molecule has 1 aliphatic heterocycles. The lowest BCUT2D eigenvalue weighted by molar-refractivity contribution is -0.385. The van der Waals surface area contributed by atoms with Crippen LogP contribution in [-0.4, -0.2) is 41.9 Å². The van der Waals surface area contributed by atoms with E-state index in [0.717, 1.165) is 32.4 Å². The van der Waals surface area contributed by atoms with E-state index < -0.39 is 4.92 Å². The summed E-state index contributed by atoms with van der Waals surface area (Å²) in [6, 6.07) is 4.16. The van der Waals surface area contributed by atoms with Gasteiger partial charge in [-0.3, -0.25) is 14.9 Å². The van der Waals surface area contributed by atoms with Crippen molar-refractivity contribution in [3.63, 3.8) is 0 Å². The fraction of sp³-hybridized carbons (Fsp3) is 0.500. The Labute approximate surface area is 128 Å². The van der Waals surface area contributed by atoms with Crippen LogP contribution in [0.4, 0.5) is 5.69 Å². The van der Waals surface area contributed by atoms with Crippen molar-refractivity contribution in [1.29, 1.82) is 0 Å². The number of nitrogens with one attached hydrogen (secondary N) is 1. The number of halogens is 1. The van der Waals surface area contributed by atoms with Crippen LogP contribution < -0.4 is 5.32 Å². The molecule has 0 aromatic heterocycles. The van der Waals surface area contributed by atoms with Crippen LogP contribution in [0.3, 0.4) is 0 Å². The molecule has 0 spiro atoms. The first-order chi connectivity index (χ1) is 10.0. The number of nitrogens with zero attached hydrogens (tertiary/aromatic N) is 2. The molecule has 7 heteroatoms. The lowest BCUT2D eigenvalue weighted by Gasteiger charge is -2.27. The summed E-state index contributed by atoms with van der Waals surface area (Å²) >= 11 is 5.88. The maximum absolute atomic E-state index is 12.6. The standard InChI is InChI=1S/C14H18ClN3O3/c1-17(11-3-2-7-16-8-6-11)14(19)12-9-10(15)4-5-13(12)18(20)21/h4-5,9,11,16H,2-3,6-8H2,1H3. The molecule has 6 nitrogen and oxygen atoms in total. The van der Waals surface area contributed by atoms with Crippen molar-refractivity contribution in [2.75, 3.05) is 20.1 Å². The average Bonchev–Trinajstić information content (AvgIpc) is 2.74. The summed E-state index contributed by atoms with van der Waals surface area (Å²) in [5, 5.41) is 14.7. The number of nitro benzene ring substituents is 1. The van der Waals surface area contributed by atoms with E-state index in [9.17, 15) is 14.9 Å². The summed E-state index contributed by atoms with van der Waals surface area (Å²) in [7, 11) is 1.70. The van der Waals surface area contributed by atoms with Crippen LogP contribution in [0.5, 0.6) is 0 Å². The minimum atomic E-state index is -0.550. The van der Waals surface area contributed by atoms with Gasteiger partial charge < -0.3 is 10.2 Å². The summed E-state index contributed by atoms with van der Waals surface area (Å²) in [5.41, 5.74) is -0.157. The fourth-order valence-corrected chi connectivity index (χ4v) is 2.75. The summed E-state index contributed by atoms with van der Waals surface area (Å²) in [5.74, 6) is -0.351. The number of rotatable bonds is 3. The summed E-state index contributed by atoms with van der Waals surface area (Å²) in [6.07, 6.45) is 2.72. The van der Waals surface area contributed by atoms with Crippen molar-refractivity contribution in [2.24, 2.45) is 0 Å². The van der Waals surface area contributed by atoms with E-state index in [-0.39, 0.29) is 23.2 Å². The van der Waals surface area contributed by atoms with Gasteiger partial charge in [-0.15, -0.1) is 0 Å². The zero-order valence-electron chi connectivity index (χ0n) is 11.8. The number of nitro groups is 1. The summed E-state index contributed by atoms with van der Waals surface area (Å²) in [6.45, 7) is 1.79. The van der Waals surface area contributed by atoms with E-state index in [1.807, 2.05) is 0 Å². The monoisotopic (exact) mass is 311 g/mol. The molecule has 21 heavy (non-hydrogen) atoms. The number of hydrogen-bond acceptors (Lipinski definition) is 4. The summed E-state index contributed by atoms with van der Waals surface area (Å²) in [4.78, 5) is 24.7. The number of amides is 1. The highest BCUT2D eigenvalue weighted by Gasteiger charge is 2.27. The number of carbonyl (C=O) groups is 1. The average molecular weight is 312 g/mol. The third kappa shape index (κ3) is 3.71. The Kier molecular flexibility index (Phi) is 5.14. The lowest BCUT2D eigenvalue weighted by Crippen LogP contribution is -2.37. The normalized spacial score (nSPS) is 18.9. The van der Waals surface area contributed by atoms with Crippen molar-refractivity contribution < 1.29 is 9.72 Å². The SMILES string of the molecule is CN(C(=O)c1cc(Cl)ccc1[N+](=O)[O-])C1CCCNCC1. The molecule has 1 N–H and O–H groups in total. The highest BCUT2D eigenvalue weighted by atomic mass is 35.5. The lowest BCUT2D eigenvalue weighted by atomic mass is 10.1. The smallest absolute Gasteiger partial charge is 0.282 e. The maximum Gasteiger partial charge on any atom is 0.282 e. The Hall–Kier alpha value is -1.66. The van der Waals surface area contributed by atoms with E-state index in [0.29, 0.717) is 5.02 Å². The van der Waals surface area contributed by atoms with Gasteiger partial charge in [0.15, 0.2) is 0 Å². The predicted molar refractivity (Wildman–Crippen MR) is 80.7 cm³/mol. The second kappa shape index (κ2) is 6.87. The van der Waals surface area contributed by atoms with Gasteiger partial charge in [-0.1, -0.05) is 11.6 Å². The number of benzene rings is 1. The number of hydrogen-bond donors (Lipinski definition) is 1. The van der Waals surface area contributed by atoms with E-state index in [1.54, 1.807) is 11.9 Å². The molecule has 1 amide bonds. The largest absolute Gasteiger partial charge is 0.338 e. The van der Waals surface area contributed by atoms with Crippen LogP contribution in [-0.2, 0) is 0 Å². The van der Waals surface area contributed by atoms with Gasteiger partial charge in [0.05, 0.1) is 4.92 Å². The molecule has 1 unspecified atom stereocenters. The first-order valence-corrected chi connectivity index (χ1v) is 7.30. The van der Waals surface area contributed by atoms with Crippen LogP contribution >= 0.6 is 11.6 Å². The van der Waals surface area contributed by atoms with Gasteiger partial charge in [-0.05, 0) is 44.5 Å². The highest BCUT2D eigenvalue weighted by Crippen LogP contribution is 2.25. The third-order valence-electron chi connectivity index (χ3n) is 3.80. The molecule has 2 rings (SSSR count). The molecule has 1 heterocycles. The zero-order valence-corrected chi connectivity index (χ0v) is 12.6. The van der Waals surface area contributed by atoms with Crippen molar-refractivity contribution in [3.8, 4) is 0 Å². The Bertz CT molecular complexity index is 542. The molecule has 1 aliphatic rings. The molecule has 1 aromatic carbocycles. The minimum absolute atomic E-state index is 0.0483. The van der Waals surface area contributed by atoms with Gasteiger partial charge in [-0.2, -0.15) is 0 Å². The van der Waals surface area contributed by atoms with Crippen molar-refractivity contribution in [2.45, 2.75) is 25.3 Å². The third-order valence-corrected chi connectivity index (χ3v) is 4.03. The molecule has 1 saturated heterocycles. The van der Waals surface area contributed by atoms with Crippen molar-refractivity contribution in [1.82, 2.24) is 10.2 Å². The van der Waals surface area contributed by atoms with E-state index in [1.165, 1.54) is 18.2 Å². The Morgan fingerprint density at radius 2 is 2.19 bits per heavy atom. The molecule has 1 atom stereocenters. The first kappa shape index (κ1) is 15.7. The molecule has 114 valence electrons. The van der Waals surface area contributed by atoms with Crippen LogP contribution in [0.2, 0.25) is 5.02 Å². The molecular weight excluding hydrogens is 294 g/mol. The maximum atomic E-state index is 12.6. The van der Waals surface area contributed by atoms with Crippen LogP contribution in [0.25, 0.3) is 0 Å². The Balaban J connectivity index is 2.26. The van der Waals surface area contributed by atoms with Gasteiger partial charge in [0.1, 0.15) is 5.56 Å². The molecule has 0 aliphatic carbocycles. The van der Waals surface area contributed by atoms with Gasteiger partial charge in [0.25, 0.3) is 11.6 Å². The zero-order chi connectivity index (χ0) is 15.4. The van der Waals surface area contributed by atoms with E-state index in [4.69, 9.17) is 11.6 Å². The second-order valence-electron chi connectivity index (χ2n) is 5.17. The first-order valence-electron chi connectivity index (χ1n) is 6.92. The van der Waals surface area contributed by atoms with E-state index in [2.05, 4.69) is 5.32 Å². The van der Waals surface area contributed by atoms with Gasteiger partial charge >= 0.3 is 0 Å². The van der Waals surface area contributed by atoms with Crippen molar-refractivity contribution in [3.05, 3.63) is 38.9 Å². The summed E-state index contributed by atoms with van der Waals surface area (Å²) < 4.78 is 0. The van der Waals surface area contributed by atoms with Gasteiger partial charge in [-0.25, -0.2) is 0 Å². The minimum Gasteiger partial charge on any atom is -0.338 e. The fourth-order valence-electron chi connectivity index (χ4n) is 2.58. The van der Waals surface area contributed by atoms with Gasteiger partial charge in [0, 0.05) is 24.2 Å².